The first kappa shape index (κ1) is 12.7. The van der Waals surface area contributed by atoms with Crippen molar-refractivity contribution >= 4 is 5.97 Å². The molecule has 3 nitrogen and oxygen atoms in total. The Hall–Kier alpha value is -1.39. The van der Waals surface area contributed by atoms with E-state index in [0.29, 0.717) is 5.56 Å². The number of carboxylic acid groups (broad SMARTS) is 1. The second kappa shape index (κ2) is 4.63. The fourth-order valence-corrected chi connectivity index (χ4v) is 1.32. The number of halogens is 2. The highest BCUT2D eigenvalue weighted by atomic mass is 19.3. The minimum atomic E-state index is -2.69. The van der Waals surface area contributed by atoms with Gasteiger partial charge in [-0.1, -0.05) is 0 Å². The van der Waals surface area contributed by atoms with Crippen molar-refractivity contribution in [1.82, 2.24) is 4.57 Å². The lowest BCUT2D eigenvalue weighted by Crippen LogP contribution is -2.13. The SMILES string of the molecule is CC(C(=O)O)c1ccn(CCC(C)(F)F)c1. The largest absolute Gasteiger partial charge is 0.481 e. The third kappa shape index (κ3) is 3.64. The molecule has 0 amide bonds. The van der Waals surface area contributed by atoms with E-state index in [0.717, 1.165) is 6.92 Å². The summed E-state index contributed by atoms with van der Waals surface area (Å²) in [5.74, 6) is -4.22. The molecule has 1 aromatic rings. The van der Waals surface area contributed by atoms with Gasteiger partial charge in [-0.25, -0.2) is 8.78 Å². The molecule has 0 fully saturated rings. The zero-order chi connectivity index (χ0) is 12.3. The molecule has 1 atom stereocenters. The Labute approximate surface area is 92.7 Å². The first-order valence-electron chi connectivity index (χ1n) is 5.06. The van der Waals surface area contributed by atoms with Gasteiger partial charge in [0.25, 0.3) is 0 Å². The van der Waals surface area contributed by atoms with Gasteiger partial charge in [0.1, 0.15) is 0 Å². The molecule has 0 aromatic carbocycles. The summed E-state index contributed by atoms with van der Waals surface area (Å²) in [5, 5.41) is 8.77. The first-order chi connectivity index (χ1) is 7.29. The summed E-state index contributed by atoms with van der Waals surface area (Å²) < 4.78 is 26.8. The highest BCUT2D eigenvalue weighted by Crippen LogP contribution is 2.20. The standard InChI is InChI=1S/C11H15F2NO2/c1-8(10(15)16)9-3-5-14(7-9)6-4-11(2,12)13/h3,5,7-8H,4,6H2,1-2H3,(H,15,16). The molecular formula is C11H15F2NO2. The summed E-state index contributed by atoms with van der Waals surface area (Å²) in [4.78, 5) is 10.7. The summed E-state index contributed by atoms with van der Waals surface area (Å²) in [6.45, 7) is 2.63. The predicted octanol–water partition coefficient (Wildman–Crippen LogP) is 2.72. The van der Waals surface area contributed by atoms with Crippen LogP contribution in [0, 0.1) is 0 Å². The first-order valence-corrected chi connectivity index (χ1v) is 5.06. The lowest BCUT2D eigenvalue weighted by molar-refractivity contribution is -0.138. The molecule has 0 saturated heterocycles. The van der Waals surface area contributed by atoms with E-state index in [4.69, 9.17) is 5.11 Å². The Balaban J connectivity index is 2.62. The molecule has 1 rings (SSSR count). The van der Waals surface area contributed by atoms with Crippen LogP contribution in [0.25, 0.3) is 0 Å². The van der Waals surface area contributed by atoms with Crippen molar-refractivity contribution < 1.29 is 18.7 Å². The Morgan fingerprint density at radius 3 is 2.75 bits per heavy atom. The van der Waals surface area contributed by atoms with Crippen LogP contribution in [0.4, 0.5) is 8.78 Å². The maximum atomic E-state index is 12.6. The van der Waals surface area contributed by atoms with Gasteiger partial charge >= 0.3 is 5.97 Å². The molecule has 1 heterocycles. The van der Waals surface area contributed by atoms with Gasteiger partial charge in [-0.3, -0.25) is 4.79 Å². The molecule has 1 aromatic heterocycles. The lowest BCUT2D eigenvalue weighted by atomic mass is 10.1. The molecule has 0 saturated carbocycles. The van der Waals surface area contributed by atoms with Crippen molar-refractivity contribution in [2.75, 3.05) is 0 Å². The van der Waals surface area contributed by atoms with E-state index in [1.54, 1.807) is 30.0 Å². The van der Waals surface area contributed by atoms with Crippen LogP contribution in [0.3, 0.4) is 0 Å². The van der Waals surface area contributed by atoms with Crippen LogP contribution in [0.1, 0.15) is 31.7 Å². The van der Waals surface area contributed by atoms with Crippen molar-refractivity contribution in [2.45, 2.75) is 38.7 Å². The zero-order valence-corrected chi connectivity index (χ0v) is 9.28. The maximum absolute atomic E-state index is 12.6. The summed E-state index contributed by atoms with van der Waals surface area (Å²) in [6.07, 6.45) is 2.98. The molecule has 1 N–H and O–H groups in total. The van der Waals surface area contributed by atoms with E-state index in [9.17, 15) is 13.6 Å². The second-order valence-corrected chi connectivity index (χ2v) is 4.06. The fraction of sp³-hybridized carbons (Fsp3) is 0.545. The second-order valence-electron chi connectivity index (χ2n) is 4.06. The van der Waals surface area contributed by atoms with Gasteiger partial charge in [0.15, 0.2) is 0 Å². The van der Waals surface area contributed by atoms with E-state index in [1.807, 2.05) is 0 Å². The van der Waals surface area contributed by atoms with Crippen LogP contribution in [0.15, 0.2) is 18.5 Å². The molecular weight excluding hydrogens is 216 g/mol. The quantitative estimate of drug-likeness (QED) is 0.846. The molecule has 0 radical (unpaired) electrons. The number of rotatable bonds is 5. The average molecular weight is 231 g/mol. The predicted molar refractivity (Wildman–Crippen MR) is 55.7 cm³/mol. The molecule has 0 aliphatic heterocycles. The fourth-order valence-electron chi connectivity index (χ4n) is 1.32. The Bertz CT molecular complexity index is 368. The third-order valence-electron chi connectivity index (χ3n) is 2.45. The maximum Gasteiger partial charge on any atom is 0.310 e. The molecule has 90 valence electrons. The smallest absolute Gasteiger partial charge is 0.310 e. The Morgan fingerprint density at radius 1 is 1.62 bits per heavy atom. The number of nitrogens with zero attached hydrogens (tertiary/aromatic N) is 1. The zero-order valence-electron chi connectivity index (χ0n) is 9.28. The van der Waals surface area contributed by atoms with Gasteiger partial charge in [0.05, 0.1) is 5.92 Å². The van der Waals surface area contributed by atoms with E-state index < -0.39 is 17.8 Å². The van der Waals surface area contributed by atoms with Crippen LogP contribution in [0.2, 0.25) is 0 Å². The van der Waals surface area contributed by atoms with Crippen LogP contribution >= 0.6 is 0 Å². The monoisotopic (exact) mass is 231 g/mol. The number of aromatic nitrogens is 1. The highest BCUT2D eigenvalue weighted by molar-refractivity contribution is 5.75. The summed E-state index contributed by atoms with van der Waals surface area (Å²) in [7, 11) is 0. The number of hydrogen-bond donors (Lipinski definition) is 1. The molecule has 16 heavy (non-hydrogen) atoms. The minimum Gasteiger partial charge on any atom is -0.481 e. The van der Waals surface area contributed by atoms with Crippen molar-refractivity contribution in [3.63, 3.8) is 0 Å². The number of aliphatic carboxylic acids is 1. The molecule has 1 unspecified atom stereocenters. The number of carbonyl (C=O) groups is 1. The summed E-state index contributed by atoms with van der Waals surface area (Å²) in [6, 6.07) is 1.65. The van der Waals surface area contributed by atoms with E-state index in [1.165, 1.54) is 0 Å². The minimum absolute atomic E-state index is 0.190. The molecule has 0 bridgehead atoms. The van der Waals surface area contributed by atoms with Crippen molar-refractivity contribution in [1.29, 1.82) is 0 Å². The highest BCUT2D eigenvalue weighted by Gasteiger charge is 2.21. The van der Waals surface area contributed by atoms with Gasteiger partial charge in [-0.15, -0.1) is 0 Å². The summed E-state index contributed by atoms with van der Waals surface area (Å²) >= 11 is 0. The van der Waals surface area contributed by atoms with Crippen molar-refractivity contribution in [2.24, 2.45) is 0 Å². The summed E-state index contributed by atoms with van der Waals surface area (Å²) in [5.41, 5.74) is 0.631. The van der Waals surface area contributed by atoms with Gasteiger partial charge in [-0.05, 0) is 25.5 Å². The Kier molecular flexibility index (Phi) is 3.67. The third-order valence-corrected chi connectivity index (χ3v) is 2.45. The number of hydrogen-bond acceptors (Lipinski definition) is 1. The lowest BCUT2D eigenvalue weighted by Gasteiger charge is -2.10. The Morgan fingerprint density at radius 2 is 2.25 bits per heavy atom. The normalized spacial score (nSPS) is 13.8. The number of alkyl halides is 2. The van der Waals surface area contributed by atoms with Gasteiger partial charge in [-0.2, -0.15) is 0 Å². The van der Waals surface area contributed by atoms with Crippen molar-refractivity contribution in [3.8, 4) is 0 Å². The molecule has 0 aliphatic carbocycles. The van der Waals surface area contributed by atoms with Crippen LogP contribution in [-0.2, 0) is 11.3 Å². The van der Waals surface area contributed by atoms with Gasteiger partial charge in [0, 0.05) is 25.4 Å². The van der Waals surface area contributed by atoms with Crippen LogP contribution in [-0.4, -0.2) is 21.6 Å². The van der Waals surface area contributed by atoms with Crippen molar-refractivity contribution in [3.05, 3.63) is 24.0 Å². The van der Waals surface area contributed by atoms with Crippen LogP contribution < -0.4 is 0 Å². The molecule has 0 aliphatic rings. The number of aryl methyl sites for hydroxylation is 1. The molecule has 0 spiro atoms. The van der Waals surface area contributed by atoms with Gasteiger partial charge < -0.3 is 9.67 Å². The van der Waals surface area contributed by atoms with Crippen LogP contribution in [0.5, 0.6) is 0 Å². The van der Waals surface area contributed by atoms with E-state index >= 15 is 0 Å². The molecule has 5 heteroatoms. The van der Waals surface area contributed by atoms with Gasteiger partial charge in [0.2, 0.25) is 5.92 Å². The number of carboxylic acids is 1. The van der Waals surface area contributed by atoms with E-state index in [-0.39, 0.29) is 13.0 Å². The van der Waals surface area contributed by atoms with E-state index in [2.05, 4.69) is 0 Å². The topological polar surface area (TPSA) is 42.2 Å². The average Bonchev–Trinajstić information content (AvgIpc) is 2.60.